The lowest BCUT2D eigenvalue weighted by molar-refractivity contribution is 0.174. The molecule has 0 amide bonds. The zero-order valence-corrected chi connectivity index (χ0v) is 15.2. The van der Waals surface area contributed by atoms with E-state index in [0.717, 1.165) is 41.7 Å². The normalized spacial score (nSPS) is 13.2. The number of aryl methyl sites for hydroxylation is 2. The van der Waals surface area contributed by atoms with Crippen molar-refractivity contribution >= 4 is 5.96 Å². The van der Waals surface area contributed by atoms with Gasteiger partial charge in [-0.2, -0.15) is 5.10 Å². The van der Waals surface area contributed by atoms with E-state index in [0.29, 0.717) is 13.3 Å². The van der Waals surface area contributed by atoms with Crippen molar-refractivity contribution in [2.75, 3.05) is 20.4 Å². The maximum atomic E-state index is 5.41. The SMILES string of the molecule is CN=C(NCCc1c(C)nn(C)c1C)NCc1ccc2c(c1)OCO2. The van der Waals surface area contributed by atoms with Gasteiger partial charge in [0.1, 0.15) is 0 Å². The summed E-state index contributed by atoms with van der Waals surface area (Å²) in [6.07, 6.45) is 0.913. The van der Waals surface area contributed by atoms with E-state index in [9.17, 15) is 0 Å². The molecule has 0 bridgehead atoms. The third kappa shape index (κ3) is 3.87. The standard InChI is InChI=1S/C18H25N5O2/c1-12-15(13(2)23(4)22-12)7-8-20-18(19-3)21-10-14-5-6-16-17(9-14)25-11-24-16/h5-6,9H,7-8,10-11H2,1-4H3,(H2,19,20,21). The van der Waals surface area contributed by atoms with Crippen molar-refractivity contribution in [3.63, 3.8) is 0 Å². The lowest BCUT2D eigenvalue weighted by atomic mass is 10.1. The number of aromatic nitrogens is 2. The van der Waals surface area contributed by atoms with Crippen molar-refractivity contribution in [1.29, 1.82) is 0 Å². The Morgan fingerprint density at radius 2 is 2.04 bits per heavy atom. The van der Waals surface area contributed by atoms with Crippen LogP contribution in [0.1, 0.15) is 22.5 Å². The molecule has 0 spiro atoms. The number of ether oxygens (including phenoxy) is 2. The van der Waals surface area contributed by atoms with Crippen LogP contribution in [-0.4, -0.2) is 36.1 Å². The van der Waals surface area contributed by atoms with Gasteiger partial charge in [-0.3, -0.25) is 9.67 Å². The van der Waals surface area contributed by atoms with Crippen LogP contribution in [-0.2, 0) is 20.0 Å². The molecule has 134 valence electrons. The first-order chi connectivity index (χ1) is 12.1. The van der Waals surface area contributed by atoms with Crippen LogP contribution in [0, 0.1) is 13.8 Å². The summed E-state index contributed by atoms with van der Waals surface area (Å²) in [5.74, 6) is 2.37. The van der Waals surface area contributed by atoms with E-state index in [1.54, 1.807) is 7.05 Å². The predicted molar refractivity (Wildman–Crippen MR) is 97.2 cm³/mol. The van der Waals surface area contributed by atoms with E-state index in [1.165, 1.54) is 11.3 Å². The Labute approximate surface area is 148 Å². The van der Waals surface area contributed by atoms with E-state index in [-0.39, 0.29) is 0 Å². The van der Waals surface area contributed by atoms with Gasteiger partial charge in [-0.1, -0.05) is 6.07 Å². The summed E-state index contributed by atoms with van der Waals surface area (Å²) in [5, 5.41) is 11.1. The summed E-state index contributed by atoms with van der Waals surface area (Å²) >= 11 is 0. The molecule has 2 heterocycles. The molecule has 0 fully saturated rings. The first kappa shape index (κ1) is 17.1. The van der Waals surface area contributed by atoms with Crippen LogP contribution < -0.4 is 20.1 Å². The molecule has 1 aromatic heterocycles. The minimum absolute atomic E-state index is 0.294. The molecule has 1 aliphatic rings. The molecule has 0 unspecified atom stereocenters. The maximum Gasteiger partial charge on any atom is 0.231 e. The van der Waals surface area contributed by atoms with Gasteiger partial charge in [0.2, 0.25) is 6.79 Å². The number of nitrogens with zero attached hydrogens (tertiary/aromatic N) is 3. The second kappa shape index (κ2) is 7.46. The highest BCUT2D eigenvalue weighted by atomic mass is 16.7. The van der Waals surface area contributed by atoms with Gasteiger partial charge in [-0.25, -0.2) is 0 Å². The predicted octanol–water partition coefficient (Wildman–Crippen LogP) is 1.67. The van der Waals surface area contributed by atoms with Crippen molar-refractivity contribution in [3.05, 3.63) is 40.7 Å². The fourth-order valence-electron chi connectivity index (χ4n) is 2.94. The summed E-state index contributed by atoms with van der Waals surface area (Å²) in [5.41, 5.74) is 4.71. The van der Waals surface area contributed by atoms with E-state index in [4.69, 9.17) is 9.47 Å². The van der Waals surface area contributed by atoms with E-state index < -0.39 is 0 Å². The van der Waals surface area contributed by atoms with E-state index in [2.05, 4.69) is 34.6 Å². The molecule has 1 aliphatic heterocycles. The van der Waals surface area contributed by atoms with Crippen molar-refractivity contribution in [2.45, 2.75) is 26.8 Å². The molecule has 0 radical (unpaired) electrons. The fraction of sp³-hybridized carbons (Fsp3) is 0.444. The quantitative estimate of drug-likeness (QED) is 0.638. The monoisotopic (exact) mass is 343 g/mol. The van der Waals surface area contributed by atoms with Gasteiger partial charge < -0.3 is 20.1 Å². The smallest absolute Gasteiger partial charge is 0.231 e. The van der Waals surface area contributed by atoms with Crippen LogP contribution in [0.15, 0.2) is 23.2 Å². The zero-order chi connectivity index (χ0) is 17.8. The average molecular weight is 343 g/mol. The molecular weight excluding hydrogens is 318 g/mol. The molecule has 2 aromatic rings. The Kier molecular flexibility index (Phi) is 5.11. The Morgan fingerprint density at radius 1 is 1.24 bits per heavy atom. The van der Waals surface area contributed by atoms with Gasteiger partial charge in [0, 0.05) is 32.9 Å². The van der Waals surface area contributed by atoms with Gasteiger partial charge >= 0.3 is 0 Å². The van der Waals surface area contributed by atoms with Crippen LogP contribution in [0.3, 0.4) is 0 Å². The fourth-order valence-corrected chi connectivity index (χ4v) is 2.94. The van der Waals surface area contributed by atoms with Crippen LogP contribution in [0.4, 0.5) is 0 Å². The van der Waals surface area contributed by atoms with Crippen LogP contribution in [0.5, 0.6) is 11.5 Å². The summed E-state index contributed by atoms with van der Waals surface area (Å²) in [6, 6.07) is 5.95. The van der Waals surface area contributed by atoms with E-state index >= 15 is 0 Å². The van der Waals surface area contributed by atoms with Crippen LogP contribution in [0.2, 0.25) is 0 Å². The Hall–Kier alpha value is -2.70. The molecule has 0 saturated heterocycles. The summed E-state index contributed by atoms with van der Waals surface area (Å²) < 4.78 is 12.7. The molecular formula is C18H25N5O2. The molecule has 25 heavy (non-hydrogen) atoms. The third-order valence-corrected chi connectivity index (χ3v) is 4.45. The van der Waals surface area contributed by atoms with Gasteiger partial charge in [0.25, 0.3) is 0 Å². The van der Waals surface area contributed by atoms with E-state index in [1.807, 2.05) is 29.9 Å². The summed E-state index contributed by atoms with van der Waals surface area (Å²) in [7, 11) is 3.75. The van der Waals surface area contributed by atoms with Crippen molar-refractivity contribution in [3.8, 4) is 11.5 Å². The summed E-state index contributed by atoms with van der Waals surface area (Å²) in [6.45, 7) is 5.91. The minimum atomic E-state index is 0.294. The molecule has 7 heteroatoms. The lowest BCUT2D eigenvalue weighted by Gasteiger charge is -2.12. The molecule has 1 aromatic carbocycles. The highest BCUT2D eigenvalue weighted by molar-refractivity contribution is 5.79. The van der Waals surface area contributed by atoms with Gasteiger partial charge in [-0.05, 0) is 43.5 Å². The second-order valence-electron chi connectivity index (χ2n) is 6.06. The minimum Gasteiger partial charge on any atom is -0.454 e. The largest absolute Gasteiger partial charge is 0.454 e. The topological polar surface area (TPSA) is 72.7 Å². The van der Waals surface area contributed by atoms with Crippen LogP contribution in [0.25, 0.3) is 0 Å². The summed E-state index contributed by atoms with van der Waals surface area (Å²) in [4.78, 5) is 4.27. The van der Waals surface area contributed by atoms with Crippen molar-refractivity contribution in [2.24, 2.45) is 12.0 Å². The molecule has 0 aliphatic carbocycles. The Balaban J connectivity index is 1.50. The maximum absolute atomic E-state index is 5.41. The van der Waals surface area contributed by atoms with Gasteiger partial charge in [0.15, 0.2) is 17.5 Å². The number of fused-ring (bicyclic) bond motifs is 1. The lowest BCUT2D eigenvalue weighted by Crippen LogP contribution is -2.37. The molecule has 0 atom stereocenters. The average Bonchev–Trinajstić information content (AvgIpc) is 3.16. The van der Waals surface area contributed by atoms with Crippen LogP contribution >= 0.6 is 0 Å². The first-order valence-electron chi connectivity index (χ1n) is 8.40. The molecule has 0 saturated carbocycles. The third-order valence-electron chi connectivity index (χ3n) is 4.45. The zero-order valence-electron chi connectivity index (χ0n) is 15.2. The number of hydrogen-bond donors (Lipinski definition) is 2. The van der Waals surface area contributed by atoms with Gasteiger partial charge in [0.05, 0.1) is 5.69 Å². The second-order valence-corrected chi connectivity index (χ2v) is 6.06. The van der Waals surface area contributed by atoms with Crippen molar-refractivity contribution in [1.82, 2.24) is 20.4 Å². The number of guanidine groups is 1. The number of hydrogen-bond acceptors (Lipinski definition) is 4. The highest BCUT2D eigenvalue weighted by Crippen LogP contribution is 2.32. The molecule has 7 nitrogen and oxygen atoms in total. The number of aliphatic imine (C=N–C) groups is 1. The Bertz CT molecular complexity index is 782. The molecule has 3 rings (SSSR count). The first-order valence-corrected chi connectivity index (χ1v) is 8.40. The number of nitrogens with one attached hydrogen (secondary N) is 2. The highest BCUT2D eigenvalue weighted by Gasteiger charge is 2.13. The number of rotatable bonds is 5. The van der Waals surface area contributed by atoms with Crippen molar-refractivity contribution < 1.29 is 9.47 Å². The van der Waals surface area contributed by atoms with Gasteiger partial charge in [-0.15, -0.1) is 0 Å². The Morgan fingerprint density at radius 3 is 2.76 bits per heavy atom. The molecule has 2 N–H and O–H groups in total. The number of benzene rings is 1.